The highest BCUT2D eigenvalue weighted by Gasteiger charge is 2.17. The summed E-state index contributed by atoms with van der Waals surface area (Å²) in [4.78, 5) is 4.30. The second-order valence-electron chi connectivity index (χ2n) is 4.67. The van der Waals surface area contributed by atoms with Gasteiger partial charge in [0.25, 0.3) is 0 Å². The van der Waals surface area contributed by atoms with Crippen molar-refractivity contribution < 1.29 is 13.2 Å². The van der Waals surface area contributed by atoms with Crippen LogP contribution in [0, 0.1) is 17.5 Å². The number of rotatable bonds is 2. The topological polar surface area (TPSA) is 43.8 Å². The molecule has 0 unspecified atom stereocenters. The van der Waals surface area contributed by atoms with Crippen LogP contribution >= 0.6 is 0 Å². The van der Waals surface area contributed by atoms with Crippen molar-refractivity contribution in [1.82, 2.24) is 9.55 Å². The molecule has 0 aliphatic rings. The van der Waals surface area contributed by atoms with Crippen LogP contribution in [0.5, 0.6) is 0 Å². The lowest BCUT2D eigenvalue weighted by Crippen LogP contribution is -2.01. The Morgan fingerprint density at radius 3 is 2.52 bits per heavy atom. The molecule has 0 fully saturated rings. The van der Waals surface area contributed by atoms with Crippen molar-refractivity contribution >= 4 is 16.7 Å². The Labute approximate surface area is 118 Å². The van der Waals surface area contributed by atoms with E-state index in [1.807, 2.05) is 6.92 Å². The molecule has 2 aromatic carbocycles. The van der Waals surface area contributed by atoms with Gasteiger partial charge in [-0.05, 0) is 25.1 Å². The summed E-state index contributed by atoms with van der Waals surface area (Å²) in [6.07, 6.45) is 0. The lowest BCUT2D eigenvalue weighted by atomic mass is 10.1. The van der Waals surface area contributed by atoms with Gasteiger partial charge in [0, 0.05) is 29.9 Å². The van der Waals surface area contributed by atoms with Crippen molar-refractivity contribution in [2.45, 2.75) is 13.5 Å². The van der Waals surface area contributed by atoms with E-state index in [2.05, 4.69) is 4.98 Å². The highest BCUT2D eigenvalue weighted by molar-refractivity contribution is 5.83. The number of hydrogen-bond acceptors (Lipinski definition) is 2. The van der Waals surface area contributed by atoms with E-state index in [1.165, 1.54) is 12.1 Å². The highest BCUT2D eigenvalue weighted by Crippen LogP contribution is 2.30. The monoisotopic (exact) mass is 291 g/mol. The first kappa shape index (κ1) is 13.5. The number of nitrogen functional groups attached to an aromatic ring is 1. The Kier molecular flexibility index (Phi) is 3.08. The van der Waals surface area contributed by atoms with Gasteiger partial charge < -0.3 is 10.3 Å². The van der Waals surface area contributed by atoms with Crippen molar-refractivity contribution in [2.24, 2.45) is 0 Å². The lowest BCUT2D eigenvalue weighted by Gasteiger charge is -2.09. The number of halogens is 3. The number of anilines is 1. The summed E-state index contributed by atoms with van der Waals surface area (Å²) in [5, 5.41) is 0. The molecule has 0 aliphatic heterocycles. The molecule has 0 radical (unpaired) electrons. The van der Waals surface area contributed by atoms with E-state index in [9.17, 15) is 13.2 Å². The van der Waals surface area contributed by atoms with Crippen LogP contribution in [-0.2, 0) is 6.54 Å². The second-order valence-corrected chi connectivity index (χ2v) is 4.67. The predicted octanol–water partition coefficient (Wildman–Crippen LogP) is 3.72. The van der Waals surface area contributed by atoms with Crippen LogP contribution in [0.4, 0.5) is 18.9 Å². The predicted molar refractivity (Wildman–Crippen MR) is 75.1 cm³/mol. The van der Waals surface area contributed by atoms with Gasteiger partial charge in [0.15, 0.2) is 11.6 Å². The smallest absolute Gasteiger partial charge is 0.160 e. The van der Waals surface area contributed by atoms with E-state index in [1.54, 1.807) is 10.6 Å². The summed E-state index contributed by atoms with van der Waals surface area (Å²) in [7, 11) is 0. The molecular weight excluding hydrogens is 279 g/mol. The van der Waals surface area contributed by atoms with Crippen molar-refractivity contribution in [2.75, 3.05) is 5.73 Å². The van der Waals surface area contributed by atoms with Crippen LogP contribution in [0.3, 0.4) is 0 Å². The van der Waals surface area contributed by atoms with E-state index in [-0.39, 0.29) is 11.3 Å². The Hall–Kier alpha value is -2.50. The first-order chi connectivity index (χ1) is 10.0. The SMILES string of the molecule is CCn1c(-c2cc(F)c(F)cc2N)nc2cc(F)ccc21. The fraction of sp³-hybridized carbons (Fsp3) is 0.133. The van der Waals surface area contributed by atoms with Crippen LogP contribution in [0.1, 0.15) is 6.92 Å². The number of hydrogen-bond donors (Lipinski definition) is 1. The van der Waals surface area contributed by atoms with E-state index < -0.39 is 17.5 Å². The molecule has 0 saturated carbocycles. The lowest BCUT2D eigenvalue weighted by molar-refractivity contribution is 0.509. The first-order valence-electron chi connectivity index (χ1n) is 6.42. The molecule has 0 amide bonds. The van der Waals surface area contributed by atoms with Gasteiger partial charge in [-0.25, -0.2) is 18.2 Å². The Balaban J connectivity index is 2.32. The van der Waals surface area contributed by atoms with Crippen LogP contribution in [0.15, 0.2) is 30.3 Å². The summed E-state index contributed by atoms with van der Waals surface area (Å²) in [5.74, 6) is -2.04. The van der Waals surface area contributed by atoms with Gasteiger partial charge in [0.2, 0.25) is 0 Å². The number of benzene rings is 2. The molecule has 0 bridgehead atoms. The normalized spacial score (nSPS) is 11.2. The maximum absolute atomic E-state index is 13.5. The van der Waals surface area contributed by atoms with Gasteiger partial charge in [-0.1, -0.05) is 0 Å². The number of fused-ring (bicyclic) bond motifs is 1. The zero-order valence-electron chi connectivity index (χ0n) is 11.2. The maximum Gasteiger partial charge on any atom is 0.160 e. The van der Waals surface area contributed by atoms with Crippen molar-refractivity contribution in [1.29, 1.82) is 0 Å². The molecule has 108 valence electrons. The molecule has 21 heavy (non-hydrogen) atoms. The fourth-order valence-corrected chi connectivity index (χ4v) is 2.38. The van der Waals surface area contributed by atoms with E-state index in [0.29, 0.717) is 23.4 Å². The van der Waals surface area contributed by atoms with Crippen molar-refractivity contribution in [3.8, 4) is 11.4 Å². The molecule has 1 heterocycles. The summed E-state index contributed by atoms with van der Waals surface area (Å²) < 4.78 is 41.7. The molecule has 3 nitrogen and oxygen atoms in total. The van der Waals surface area contributed by atoms with Crippen molar-refractivity contribution in [3.05, 3.63) is 47.8 Å². The largest absolute Gasteiger partial charge is 0.398 e. The van der Waals surface area contributed by atoms with Gasteiger partial charge in [0.1, 0.15) is 11.6 Å². The van der Waals surface area contributed by atoms with Gasteiger partial charge in [-0.2, -0.15) is 0 Å². The number of aromatic nitrogens is 2. The zero-order chi connectivity index (χ0) is 15.1. The average Bonchev–Trinajstić information content (AvgIpc) is 2.80. The summed E-state index contributed by atoms with van der Waals surface area (Å²) in [6, 6.07) is 6.15. The fourth-order valence-electron chi connectivity index (χ4n) is 2.38. The summed E-state index contributed by atoms with van der Waals surface area (Å²) in [5.41, 5.74) is 7.28. The third kappa shape index (κ3) is 2.12. The van der Waals surface area contributed by atoms with Gasteiger partial charge >= 0.3 is 0 Å². The third-order valence-electron chi connectivity index (χ3n) is 3.36. The number of imidazole rings is 1. The summed E-state index contributed by atoms with van der Waals surface area (Å²) >= 11 is 0. The Morgan fingerprint density at radius 2 is 1.81 bits per heavy atom. The number of nitrogens with two attached hydrogens (primary N) is 1. The minimum atomic E-state index is -1.01. The minimum absolute atomic E-state index is 0.0828. The molecule has 0 atom stereocenters. The molecular formula is C15H12F3N3. The molecule has 3 rings (SSSR count). The van der Waals surface area contributed by atoms with Gasteiger partial charge in [-0.15, -0.1) is 0 Å². The molecule has 3 aromatic rings. The summed E-state index contributed by atoms with van der Waals surface area (Å²) in [6.45, 7) is 2.42. The quantitative estimate of drug-likeness (QED) is 0.731. The van der Waals surface area contributed by atoms with Crippen LogP contribution in [0.25, 0.3) is 22.4 Å². The standard InChI is InChI=1S/C15H12F3N3/c1-2-21-14-4-3-8(16)5-13(14)20-15(21)9-6-10(17)11(18)7-12(9)19/h3-7H,2,19H2,1H3. The number of nitrogens with zero attached hydrogens (tertiary/aromatic N) is 2. The third-order valence-corrected chi connectivity index (χ3v) is 3.36. The van der Waals surface area contributed by atoms with Crippen LogP contribution in [0.2, 0.25) is 0 Å². The first-order valence-corrected chi connectivity index (χ1v) is 6.42. The van der Waals surface area contributed by atoms with Crippen LogP contribution in [-0.4, -0.2) is 9.55 Å². The molecule has 2 N–H and O–H groups in total. The zero-order valence-corrected chi connectivity index (χ0v) is 11.2. The van der Waals surface area contributed by atoms with Crippen LogP contribution < -0.4 is 5.73 Å². The minimum Gasteiger partial charge on any atom is -0.398 e. The number of aryl methyl sites for hydroxylation is 1. The molecule has 6 heteroatoms. The van der Waals surface area contributed by atoms with Crippen molar-refractivity contribution in [3.63, 3.8) is 0 Å². The van der Waals surface area contributed by atoms with E-state index in [4.69, 9.17) is 5.73 Å². The van der Waals surface area contributed by atoms with Gasteiger partial charge in [0.05, 0.1) is 11.0 Å². The Morgan fingerprint density at radius 1 is 1.10 bits per heavy atom. The molecule has 1 aromatic heterocycles. The average molecular weight is 291 g/mol. The van der Waals surface area contributed by atoms with Gasteiger partial charge in [-0.3, -0.25) is 0 Å². The molecule has 0 aliphatic carbocycles. The second kappa shape index (κ2) is 4.80. The van der Waals surface area contributed by atoms with E-state index in [0.717, 1.165) is 12.1 Å². The van der Waals surface area contributed by atoms with E-state index >= 15 is 0 Å². The Bertz CT molecular complexity index is 840. The highest BCUT2D eigenvalue weighted by atomic mass is 19.2. The maximum atomic E-state index is 13.5. The molecule has 0 spiro atoms. The molecule has 0 saturated heterocycles.